The number of carbonyl (C=O) groups is 1. The third kappa shape index (κ3) is 7.13. The first kappa shape index (κ1) is 21.6. The van der Waals surface area contributed by atoms with Crippen LogP contribution in [0.5, 0.6) is 0 Å². The first-order valence-corrected chi connectivity index (χ1v) is 9.94. The number of anilines is 1. The molecule has 1 aromatic rings. The van der Waals surface area contributed by atoms with Crippen LogP contribution in [0.1, 0.15) is 92.1 Å². The largest absolute Gasteiger partial charge is 0.293 e. The third-order valence-corrected chi connectivity index (χ3v) is 4.35. The second-order valence-electron chi connectivity index (χ2n) is 8.21. The molecule has 0 atom stereocenters. The average molecular weight is 348 g/mol. The summed E-state index contributed by atoms with van der Waals surface area (Å²) in [5.41, 5.74) is 1.07. The van der Waals surface area contributed by atoms with Crippen LogP contribution in [0.2, 0.25) is 0 Å². The van der Waals surface area contributed by atoms with Crippen LogP contribution in [0.15, 0.2) is 12.5 Å². The van der Waals surface area contributed by atoms with Gasteiger partial charge in [0.15, 0.2) is 0 Å². The van der Waals surface area contributed by atoms with Gasteiger partial charge in [-0.05, 0) is 31.1 Å². The zero-order valence-corrected chi connectivity index (χ0v) is 17.1. The Morgan fingerprint density at radius 3 is 2.28 bits per heavy atom. The fourth-order valence-corrected chi connectivity index (χ4v) is 3.21. The van der Waals surface area contributed by atoms with Crippen molar-refractivity contribution in [3.8, 4) is 0 Å². The lowest BCUT2D eigenvalue weighted by Crippen LogP contribution is -2.43. The van der Waals surface area contributed by atoms with Crippen LogP contribution >= 0.6 is 0 Å². The predicted octanol–water partition coefficient (Wildman–Crippen LogP) is 5.56. The molecule has 1 aromatic heterocycles. The number of amides is 1. The standard InChI is InChI=1S/C21H37N3O/c1-7-10-13-17-15-22-16-23-20(17)24(18(11-8-2)12-9-3)19(25)14-21(4,5)6/h15-16,18H,7-14H2,1-6H3. The molecule has 0 spiro atoms. The molecule has 1 heterocycles. The average Bonchev–Trinajstić information content (AvgIpc) is 2.53. The summed E-state index contributed by atoms with van der Waals surface area (Å²) in [6.45, 7) is 12.9. The van der Waals surface area contributed by atoms with Crippen molar-refractivity contribution in [3.05, 3.63) is 18.1 Å². The molecule has 0 aliphatic carbocycles. The van der Waals surface area contributed by atoms with E-state index < -0.39 is 0 Å². The van der Waals surface area contributed by atoms with Gasteiger partial charge in [-0.1, -0.05) is 60.8 Å². The topological polar surface area (TPSA) is 46.1 Å². The van der Waals surface area contributed by atoms with Gasteiger partial charge < -0.3 is 0 Å². The third-order valence-electron chi connectivity index (χ3n) is 4.35. The molecule has 0 aliphatic rings. The van der Waals surface area contributed by atoms with Crippen molar-refractivity contribution in [1.82, 2.24) is 9.97 Å². The maximum absolute atomic E-state index is 13.2. The minimum absolute atomic E-state index is 0.0328. The predicted molar refractivity (Wildman–Crippen MR) is 106 cm³/mol. The van der Waals surface area contributed by atoms with Crippen LogP contribution in [0, 0.1) is 5.41 Å². The van der Waals surface area contributed by atoms with Crippen LogP contribution in [0.4, 0.5) is 5.82 Å². The SMILES string of the molecule is CCCCc1cncnc1N(C(=O)CC(C)(C)C)C(CCC)CCC. The van der Waals surface area contributed by atoms with E-state index in [0.717, 1.165) is 56.3 Å². The highest BCUT2D eigenvalue weighted by Gasteiger charge is 2.30. The quantitative estimate of drug-likeness (QED) is 0.557. The maximum atomic E-state index is 13.2. The molecular formula is C21H37N3O. The zero-order chi connectivity index (χ0) is 18.9. The van der Waals surface area contributed by atoms with Crippen molar-refractivity contribution in [3.63, 3.8) is 0 Å². The zero-order valence-electron chi connectivity index (χ0n) is 17.1. The minimum atomic E-state index is -0.0328. The summed E-state index contributed by atoms with van der Waals surface area (Å²) in [5.74, 6) is 1.03. The number of hydrogen-bond acceptors (Lipinski definition) is 3. The molecule has 0 aliphatic heterocycles. The van der Waals surface area contributed by atoms with Gasteiger partial charge >= 0.3 is 0 Å². The summed E-state index contributed by atoms with van der Waals surface area (Å²) in [6, 6.07) is 0.222. The van der Waals surface area contributed by atoms with Gasteiger partial charge in [0.1, 0.15) is 12.1 Å². The molecular weight excluding hydrogens is 310 g/mol. The van der Waals surface area contributed by atoms with Crippen molar-refractivity contribution in [2.24, 2.45) is 5.41 Å². The summed E-state index contributed by atoms with van der Waals surface area (Å²) in [5, 5.41) is 0. The number of aryl methyl sites for hydroxylation is 1. The Labute approximate surface area is 154 Å². The summed E-state index contributed by atoms with van der Waals surface area (Å²) >= 11 is 0. The maximum Gasteiger partial charge on any atom is 0.228 e. The molecule has 0 aromatic carbocycles. The van der Waals surface area contributed by atoms with Crippen molar-refractivity contribution < 1.29 is 4.79 Å². The van der Waals surface area contributed by atoms with E-state index in [-0.39, 0.29) is 17.4 Å². The first-order chi connectivity index (χ1) is 11.8. The van der Waals surface area contributed by atoms with E-state index in [9.17, 15) is 4.79 Å². The normalized spacial score (nSPS) is 11.8. The highest BCUT2D eigenvalue weighted by atomic mass is 16.2. The summed E-state index contributed by atoms with van der Waals surface area (Å²) in [6.07, 6.45) is 11.3. The van der Waals surface area contributed by atoms with Gasteiger partial charge in [0.05, 0.1) is 0 Å². The molecule has 142 valence electrons. The number of rotatable bonds is 10. The van der Waals surface area contributed by atoms with E-state index in [4.69, 9.17) is 0 Å². The second kappa shape index (κ2) is 10.5. The Bertz CT molecular complexity index is 516. The highest BCUT2D eigenvalue weighted by Crippen LogP contribution is 2.29. The molecule has 25 heavy (non-hydrogen) atoms. The number of nitrogens with zero attached hydrogens (tertiary/aromatic N) is 3. The fourth-order valence-electron chi connectivity index (χ4n) is 3.21. The Morgan fingerprint density at radius 2 is 1.76 bits per heavy atom. The molecule has 1 amide bonds. The fraction of sp³-hybridized carbons (Fsp3) is 0.762. The van der Waals surface area contributed by atoms with Crippen molar-refractivity contribution in [1.29, 1.82) is 0 Å². The van der Waals surface area contributed by atoms with Crippen LogP contribution in [0.3, 0.4) is 0 Å². The minimum Gasteiger partial charge on any atom is -0.293 e. The lowest BCUT2D eigenvalue weighted by Gasteiger charge is -2.34. The van der Waals surface area contributed by atoms with E-state index >= 15 is 0 Å². The van der Waals surface area contributed by atoms with E-state index in [1.54, 1.807) is 6.33 Å². The van der Waals surface area contributed by atoms with Gasteiger partial charge in [-0.15, -0.1) is 0 Å². The lowest BCUT2D eigenvalue weighted by molar-refractivity contribution is -0.120. The first-order valence-electron chi connectivity index (χ1n) is 9.94. The molecule has 0 bridgehead atoms. The van der Waals surface area contributed by atoms with Gasteiger partial charge in [-0.3, -0.25) is 9.69 Å². The molecule has 0 saturated carbocycles. The van der Waals surface area contributed by atoms with Crippen LogP contribution in [0.25, 0.3) is 0 Å². The number of unbranched alkanes of at least 4 members (excludes halogenated alkanes) is 1. The van der Waals surface area contributed by atoms with E-state index in [1.165, 1.54) is 0 Å². The Balaban J connectivity index is 3.27. The summed E-state index contributed by atoms with van der Waals surface area (Å²) < 4.78 is 0. The van der Waals surface area contributed by atoms with Gasteiger partial charge in [-0.2, -0.15) is 0 Å². The van der Waals surface area contributed by atoms with Gasteiger partial charge in [0.2, 0.25) is 5.91 Å². The van der Waals surface area contributed by atoms with Crippen molar-refractivity contribution in [2.45, 2.75) is 99.0 Å². The Morgan fingerprint density at radius 1 is 1.12 bits per heavy atom. The van der Waals surface area contributed by atoms with E-state index in [0.29, 0.717) is 6.42 Å². The molecule has 0 unspecified atom stereocenters. The molecule has 4 heteroatoms. The number of aromatic nitrogens is 2. The number of hydrogen-bond donors (Lipinski definition) is 0. The highest BCUT2D eigenvalue weighted by molar-refractivity contribution is 5.94. The molecule has 4 nitrogen and oxygen atoms in total. The Kier molecular flexibility index (Phi) is 9.09. The van der Waals surface area contributed by atoms with Crippen LogP contribution in [-0.4, -0.2) is 21.9 Å². The summed E-state index contributed by atoms with van der Waals surface area (Å²) in [7, 11) is 0. The number of carbonyl (C=O) groups excluding carboxylic acids is 1. The monoisotopic (exact) mass is 347 g/mol. The van der Waals surface area contributed by atoms with Crippen LogP contribution in [-0.2, 0) is 11.2 Å². The van der Waals surface area contributed by atoms with E-state index in [1.807, 2.05) is 11.1 Å². The Hall–Kier alpha value is -1.45. The van der Waals surface area contributed by atoms with Crippen molar-refractivity contribution >= 4 is 11.7 Å². The van der Waals surface area contributed by atoms with Gasteiger partial charge in [0, 0.05) is 24.2 Å². The van der Waals surface area contributed by atoms with Crippen molar-refractivity contribution in [2.75, 3.05) is 4.90 Å². The summed E-state index contributed by atoms with van der Waals surface area (Å²) in [4.78, 5) is 24.0. The molecule has 0 saturated heterocycles. The smallest absolute Gasteiger partial charge is 0.228 e. The second-order valence-corrected chi connectivity index (χ2v) is 8.21. The molecule has 0 radical (unpaired) electrons. The van der Waals surface area contributed by atoms with E-state index in [2.05, 4.69) is 51.5 Å². The van der Waals surface area contributed by atoms with Gasteiger partial charge in [-0.25, -0.2) is 9.97 Å². The molecule has 0 fully saturated rings. The van der Waals surface area contributed by atoms with Gasteiger partial charge in [0.25, 0.3) is 0 Å². The molecule has 0 N–H and O–H groups in total. The molecule has 1 rings (SSSR count). The lowest BCUT2D eigenvalue weighted by atomic mass is 9.90. The van der Waals surface area contributed by atoms with Crippen LogP contribution < -0.4 is 4.90 Å².